The van der Waals surface area contributed by atoms with Gasteiger partial charge < -0.3 is 15.2 Å². The van der Waals surface area contributed by atoms with Gasteiger partial charge in [0.2, 0.25) is 5.91 Å². The third-order valence-electron chi connectivity index (χ3n) is 4.09. The number of likely N-dealkylation sites (tertiary alicyclic amines) is 1. The predicted molar refractivity (Wildman–Crippen MR) is 81.1 cm³/mol. The van der Waals surface area contributed by atoms with Gasteiger partial charge in [-0.15, -0.1) is 0 Å². The normalized spacial score (nSPS) is 21.9. The number of aliphatic hydroxyl groups is 1. The first-order chi connectivity index (χ1) is 11.3. The van der Waals surface area contributed by atoms with Crippen molar-refractivity contribution < 1.29 is 27.8 Å². The van der Waals surface area contributed by atoms with Crippen LogP contribution in [-0.4, -0.2) is 55.4 Å². The molecule has 134 valence electrons. The molecule has 2 N–H and O–H groups in total. The lowest BCUT2D eigenvalue weighted by Gasteiger charge is -2.19. The summed E-state index contributed by atoms with van der Waals surface area (Å²) in [7, 11) is 1.40. The summed E-state index contributed by atoms with van der Waals surface area (Å²) in [6.07, 6.45) is -4.40. The molecule has 1 aliphatic heterocycles. The van der Waals surface area contributed by atoms with Crippen molar-refractivity contribution in [3.8, 4) is 0 Å². The Morgan fingerprint density at radius 1 is 1.38 bits per heavy atom. The maximum absolute atomic E-state index is 13.1. The van der Waals surface area contributed by atoms with Gasteiger partial charge in [0, 0.05) is 45.3 Å². The molecule has 0 spiro atoms. The van der Waals surface area contributed by atoms with Crippen LogP contribution in [0, 0.1) is 5.92 Å². The van der Waals surface area contributed by atoms with Crippen LogP contribution in [0.15, 0.2) is 24.3 Å². The van der Waals surface area contributed by atoms with Gasteiger partial charge in [-0.2, -0.15) is 13.2 Å². The molecular weight excluding hydrogens is 325 g/mol. The van der Waals surface area contributed by atoms with Gasteiger partial charge in [-0.25, -0.2) is 0 Å². The highest BCUT2D eigenvalue weighted by atomic mass is 19.4. The van der Waals surface area contributed by atoms with Crippen LogP contribution in [0.5, 0.6) is 0 Å². The maximum Gasteiger partial charge on any atom is 0.416 e. The van der Waals surface area contributed by atoms with E-state index in [0.29, 0.717) is 13.1 Å². The summed E-state index contributed by atoms with van der Waals surface area (Å²) in [6, 6.07) is 5.14. The first-order valence-corrected chi connectivity index (χ1v) is 7.61. The maximum atomic E-state index is 13.1. The molecule has 1 heterocycles. The van der Waals surface area contributed by atoms with E-state index >= 15 is 0 Å². The number of methoxy groups -OCH3 is 1. The van der Waals surface area contributed by atoms with Crippen LogP contribution in [0.25, 0.3) is 0 Å². The predicted octanol–water partition coefficient (Wildman–Crippen LogP) is 1.26. The van der Waals surface area contributed by atoms with Gasteiger partial charge in [0.15, 0.2) is 0 Å². The Balaban J connectivity index is 2.06. The van der Waals surface area contributed by atoms with Crippen LogP contribution in [0.2, 0.25) is 0 Å². The summed E-state index contributed by atoms with van der Waals surface area (Å²) in [5.74, 6) is -0.526. The zero-order valence-electron chi connectivity index (χ0n) is 13.3. The van der Waals surface area contributed by atoms with Crippen LogP contribution in [0.4, 0.5) is 13.2 Å². The molecule has 1 amide bonds. The molecule has 1 aliphatic rings. The second kappa shape index (κ2) is 7.96. The van der Waals surface area contributed by atoms with E-state index in [1.807, 2.05) is 4.90 Å². The Hall–Kier alpha value is -1.64. The lowest BCUT2D eigenvalue weighted by atomic mass is 10.1. The van der Waals surface area contributed by atoms with Crippen molar-refractivity contribution in [3.05, 3.63) is 35.4 Å². The summed E-state index contributed by atoms with van der Waals surface area (Å²) < 4.78 is 44.0. The minimum atomic E-state index is -4.40. The minimum Gasteiger partial charge on any atom is -0.396 e. The number of rotatable bonds is 6. The van der Waals surface area contributed by atoms with Crippen molar-refractivity contribution in [2.24, 2.45) is 5.92 Å². The van der Waals surface area contributed by atoms with Crippen LogP contribution < -0.4 is 5.32 Å². The third-order valence-corrected chi connectivity index (χ3v) is 4.09. The Labute approximate surface area is 138 Å². The van der Waals surface area contributed by atoms with Gasteiger partial charge in [0.05, 0.1) is 5.56 Å². The zero-order chi connectivity index (χ0) is 17.7. The Morgan fingerprint density at radius 3 is 2.71 bits per heavy atom. The van der Waals surface area contributed by atoms with Crippen molar-refractivity contribution in [2.75, 3.05) is 33.4 Å². The number of nitrogens with one attached hydrogen (secondary N) is 1. The summed E-state index contributed by atoms with van der Waals surface area (Å²) in [5, 5.41) is 12.2. The van der Waals surface area contributed by atoms with E-state index in [1.165, 1.54) is 19.2 Å². The number of hydrogen-bond acceptors (Lipinski definition) is 4. The molecule has 0 radical (unpaired) electrons. The van der Waals surface area contributed by atoms with Gasteiger partial charge in [-0.1, -0.05) is 18.2 Å². The van der Waals surface area contributed by atoms with Crippen molar-refractivity contribution in [3.63, 3.8) is 0 Å². The molecule has 1 fully saturated rings. The summed E-state index contributed by atoms with van der Waals surface area (Å²) in [6.45, 7) is 0.678. The molecular formula is C16H21F3N2O3. The van der Waals surface area contributed by atoms with E-state index in [-0.39, 0.29) is 43.2 Å². The van der Waals surface area contributed by atoms with Crippen molar-refractivity contribution in [2.45, 2.75) is 18.8 Å². The fourth-order valence-corrected chi connectivity index (χ4v) is 2.99. The quantitative estimate of drug-likeness (QED) is 0.814. The lowest BCUT2D eigenvalue weighted by molar-refractivity contribution is -0.138. The van der Waals surface area contributed by atoms with Crippen LogP contribution in [-0.2, 0) is 22.3 Å². The average Bonchev–Trinajstić information content (AvgIpc) is 2.88. The standard InChI is InChI=1S/C16H21F3N2O3/c1-24-10-15(23)20-14-8-21(7-12(14)9-22)6-11-4-2-3-5-13(11)16(17,18)19/h2-5,12,14,22H,6-10H2,1H3,(H,20,23). The summed E-state index contributed by atoms with van der Waals surface area (Å²) in [4.78, 5) is 13.4. The molecule has 2 rings (SSSR count). The molecule has 0 aliphatic carbocycles. The molecule has 24 heavy (non-hydrogen) atoms. The Bertz CT molecular complexity index is 566. The number of halogens is 3. The highest BCUT2D eigenvalue weighted by molar-refractivity contribution is 5.77. The topological polar surface area (TPSA) is 61.8 Å². The van der Waals surface area contributed by atoms with Gasteiger partial charge in [0.25, 0.3) is 0 Å². The van der Waals surface area contributed by atoms with Gasteiger partial charge in [-0.05, 0) is 11.6 Å². The van der Waals surface area contributed by atoms with Crippen molar-refractivity contribution >= 4 is 5.91 Å². The molecule has 0 bridgehead atoms. The number of amides is 1. The number of alkyl halides is 3. The SMILES string of the molecule is COCC(=O)NC1CN(Cc2ccccc2C(F)(F)F)CC1CO. The first kappa shape index (κ1) is 18.7. The molecule has 0 saturated carbocycles. The van der Waals surface area contributed by atoms with Gasteiger partial charge in [0.1, 0.15) is 6.61 Å². The number of aliphatic hydroxyl groups excluding tert-OH is 1. The largest absolute Gasteiger partial charge is 0.416 e. The number of benzene rings is 1. The summed E-state index contributed by atoms with van der Waals surface area (Å²) in [5.41, 5.74) is -0.469. The van der Waals surface area contributed by atoms with E-state index in [9.17, 15) is 23.1 Å². The fraction of sp³-hybridized carbons (Fsp3) is 0.562. The smallest absolute Gasteiger partial charge is 0.396 e. The van der Waals surface area contributed by atoms with E-state index < -0.39 is 11.7 Å². The minimum absolute atomic E-state index is 0.0917. The molecule has 1 saturated heterocycles. The molecule has 0 aromatic heterocycles. The highest BCUT2D eigenvalue weighted by Crippen LogP contribution is 2.33. The fourth-order valence-electron chi connectivity index (χ4n) is 2.99. The van der Waals surface area contributed by atoms with E-state index in [2.05, 4.69) is 5.32 Å². The number of carbonyl (C=O) groups is 1. The second-order valence-electron chi connectivity index (χ2n) is 5.90. The average molecular weight is 346 g/mol. The zero-order valence-corrected chi connectivity index (χ0v) is 13.3. The van der Waals surface area contributed by atoms with Gasteiger partial charge in [-0.3, -0.25) is 9.69 Å². The lowest BCUT2D eigenvalue weighted by Crippen LogP contribution is -2.43. The number of carbonyl (C=O) groups excluding carboxylic acids is 1. The molecule has 1 aromatic carbocycles. The van der Waals surface area contributed by atoms with Crippen molar-refractivity contribution in [1.29, 1.82) is 0 Å². The molecule has 2 unspecified atom stereocenters. The monoisotopic (exact) mass is 346 g/mol. The molecule has 8 heteroatoms. The number of hydrogen-bond donors (Lipinski definition) is 2. The van der Waals surface area contributed by atoms with Gasteiger partial charge >= 0.3 is 6.18 Å². The number of nitrogens with zero attached hydrogens (tertiary/aromatic N) is 1. The first-order valence-electron chi connectivity index (χ1n) is 7.61. The third kappa shape index (κ3) is 4.68. The second-order valence-corrected chi connectivity index (χ2v) is 5.90. The number of ether oxygens (including phenoxy) is 1. The van der Waals surface area contributed by atoms with Crippen molar-refractivity contribution in [1.82, 2.24) is 10.2 Å². The van der Waals surface area contributed by atoms with E-state index in [4.69, 9.17) is 4.74 Å². The molecule has 2 atom stereocenters. The van der Waals surface area contributed by atoms with E-state index in [1.54, 1.807) is 6.07 Å². The van der Waals surface area contributed by atoms with Crippen LogP contribution in [0.1, 0.15) is 11.1 Å². The molecule has 5 nitrogen and oxygen atoms in total. The Kier molecular flexibility index (Phi) is 6.20. The Morgan fingerprint density at radius 2 is 2.08 bits per heavy atom. The highest BCUT2D eigenvalue weighted by Gasteiger charge is 2.36. The van der Waals surface area contributed by atoms with Crippen LogP contribution in [0.3, 0.4) is 0 Å². The van der Waals surface area contributed by atoms with Crippen LogP contribution >= 0.6 is 0 Å². The van der Waals surface area contributed by atoms with E-state index in [0.717, 1.165) is 6.07 Å². The molecule has 1 aromatic rings. The summed E-state index contributed by atoms with van der Waals surface area (Å²) >= 11 is 0.